The molecule has 1 aliphatic heterocycles. The quantitative estimate of drug-likeness (QED) is 0.768. The van der Waals surface area contributed by atoms with Crippen molar-refractivity contribution in [1.82, 2.24) is 5.32 Å². The van der Waals surface area contributed by atoms with Gasteiger partial charge in [0, 0.05) is 12.1 Å². The Labute approximate surface area is 143 Å². The molecule has 1 aliphatic rings. The average molecular weight is 340 g/mol. The Morgan fingerprint density at radius 3 is 2.80 bits per heavy atom. The predicted molar refractivity (Wildman–Crippen MR) is 90.0 cm³/mol. The van der Waals surface area contributed by atoms with Gasteiger partial charge in [0.05, 0.1) is 11.3 Å². The first-order chi connectivity index (χ1) is 12.0. The van der Waals surface area contributed by atoms with Gasteiger partial charge in [-0.05, 0) is 42.3 Å². The second-order valence-electron chi connectivity index (χ2n) is 5.56. The lowest BCUT2D eigenvalue weighted by atomic mass is 10.1. The number of anilines is 1. The number of carbonyl (C=O) groups excluding carboxylic acids is 2. The Hall–Kier alpha value is -3.35. The number of benzene rings is 2. The summed E-state index contributed by atoms with van der Waals surface area (Å²) in [5.41, 5.74) is 1.92. The Kier molecular flexibility index (Phi) is 4.65. The van der Waals surface area contributed by atoms with Crippen molar-refractivity contribution >= 4 is 23.5 Å². The first-order valence-electron chi connectivity index (χ1n) is 7.70. The van der Waals surface area contributed by atoms with E-state index in [1.165, 1.54) is 6.07 Å². The fraction of sp³-hybridized carbons (Fsp3) is 0.167. The van der Waals surface area contributed by atoms with Crippen molar-refractivity contribution in [3.05, 3.63) is 59.2 Å². The van der Waals surface area contributed by atoms with Crippen molar-refractivity contribution in [2.24, 2.45) is 0 Å². The predicted octanol–water partition coefficient (Wildman–Crippen LogP) is 1.69. The molecule has 0 atom stereocenters. The van der Waals surface area contributed by atoms with Gasteiger partial charge in [0.2, 0.25) is 0 Å². The first kappa shape index (κ1) is 16.5. The van der Waals surface area contributed by atoms with Crippen LogP contribution in [0.3, 0.4) is 0 Å². The van der Waals surface area contributed by atoms with E-state index >= 15 is 0 Å². The van der Waals surface area contributed by atoms with Gasteiger partial charge in [-0.1, -0.05) is 12.1 Å². The highest BCUT2D eigenvalue weighted by molar-refractivity contribution is 5.99. The number of hydrogen-bond acceptors (Lipinski definition) is 4. The maximum atomic E-state index is 12.2. The van der Waals surface area contributed by atoms with Crippen LogP contribution in [0, 0.1) is 0 Å². The summed E-state index contributed by atoms with van der Waals surface area (Å²) in [6.07, 6.45) is 0.512. The topological polar surface area (TPSA) is 105 Å². The maximum absolute atomic E-state index is 12.2. The minimum Gasteiger partial charge on any atom is -0.482 e. The molecular weight excluding hydrogens is 324 g/mol. The van der Waals surface area contributed by atoms with Gasteiger partial charge in [0.1, 0.15) is 5.75 Å². The molecule has 0 aliphatic carbocycles. The highest BCUT2D eigenvalue weighted by Crippen LogP contribution is 2.28. The molecular formula is C18H16N2O5. The number of hydrogen-bond donors (Lipinski definition) is 3. The van der Waals surface area contributed by atoms with Crippen LogP contribution >= 0.6 is 0 Å². The number of carboxylic acid groups (broad SMARTS) is 1. The number of rotatable bonds is 5. The summed E-state index contributed by atoms with van der Waals surface area (Å²) in [6.45, 7) is 0.329. The molecule has 7 heteroatoms. The molecule has 0 aromatic heterocycles. The largest absolute Gasteiger partial charge is 0.482 e. The second kappa shape index (κ2) is 7.04. The molecule has 7 nitrogen and oxygen atoms in total. The minimum atomic E-state index is -0.982. The molecule has 0 saturated heterocycles. The molecule has 128 valence electrons. The maximum Gasteiger partial charge on any atom is 0.335 e. The van der Waals surface area contributed by atoms with Crippen LogP contribution in [0.5, 0.6) is 5.75 Å². The lowest BCUT2D eigenvalue weighted by Gasteiger charge is -2.18. The second-order valence-corrected chi connectivity index (χ2v) is 5.56. The van der Waals surface area contributed by atoms with Gasteiger partial charge >= 0.3 is 5.97 Å². The molecule has 0 bridgehead atoms. The molecule has 0 spiro atoms. The van der Waals surface area contributed by atoms with Crippen LogP contribution in [0.25, 0.3) is 0 Å². The Morgan fingerprint density at radius 2 is 2.00 bits per heavy atom. The van der Waals surface area contributed by atoms with E-state index in [0.29, 0.717) is 30.0 Å². The average Bonchev–Trinajstić information content (AvgIpc) is 2.61. The highest BCUT2D eigenvalue weighted by atomic mass is 16.5. The van der Waals surface area contributed by atoms with Crippen LogP contribution < -0.4 is 15.4 Å². The zero-order chi connectivity index (χ0) is 17.8. The van der Waals surface area contributed by atoms with Crippen LogP contribution in [0.1, 0.15) is 26.3 Å². The van der Waals surface area contributed by atoms with Gasteiger partial charge in [0.25, 0.3) is 11.8 Å². The van der Waals surface area contributed by atoms with Crippen LogP contribution in [0.4, 0.5) is 5.69 Å². The summed E-state index contributed by atoms with van der Waals surface area (Å²) < 4.78 is 5.25. The van der Waals surface area contributed by atoms with Gasteiger partial charge in [-0.3, -0.25) is 9.59 Å². The van der Waals surface area contributed by atoms with Crippen LogP contribution in [-0.4, -0.2) is 36.0 Å². The van der Waals surface area contributed by atoms with Gasteiger partial charge in [-0.2, -0.15) is 0 Å². The number of carboxylic acids is 1. The van der Waals surface area contributed by atoms with E-state index in [2.05, 4.69) is 10.6 Å². The summed E-state index contributed by atoms with van der Waals surface area (Å²) in [7, 11) is 0. The fourth-order valence-electron chi connectivity index (χ4n) is 2.51. The molecule has 0 saturated carbocycles. The lowest BCUT2D eigenvalue weighted by molar-refractivity contribution is -0.118. The summed E-state index contributed by atoms with van der Waals surface area (Å²) >= 11 is 0. The molecule has 1 heterocycles. The van der Waals surface area contributed by atoms with Gasteiger partial charge in [0.15, 0.2) is 6.61 Å². The number of amides is 2. The molecule has 3 N–H and O–H groups in total. The van der Waals surface area contributed by atoms with Gasteiger partial charge in [-0.15, -0.1) is 0 Å². The minimum absolute atomic E-state index is 0.0338. The molecule has 0 fully saturated rings. The lowest BCUT2D eigenvalue weighted by Crippen LogP contribution is -2.28. The van der Waals surface area contributed by atoms with E-state index in [9.17, 15) is 14.4 Å². The summed E-state index contributed by atoms with van der Waals surface area (Å²) in [5.74, 6) is -0.994. The molecule has 3 rings (SSSR count). The molecule has 2 aromatic carbocycles. The van der Waals surface area contributed by atoms with E-state index in [0.717, 1.165) is 5.56 Å². The van der Waals surface area contributed by atoms with Crippen LogP contribution in [-0.2, 0) is 11.2 Å². The van der Waals surface area contributed by atoms with Crippen LogP contribution in [0.15, 0.2) is 42.5 Å². The third-order valence-electron chi connectivity index (χ3n) is 3.75. The smallest absolute Gasteiger partial charge is 0.335 e. The Balaban J connectivity index is 1.60. The Bertz CT molecular complexity index is 847. The molecule has 2 aromatic rings. The number of carbonyl (C=O) groups is 3. The first-order valence-corrected chi connectivity index (χ1v) is 7.70. The Morgan fingerprint density at radius 1 is 1.16 bits per heavy atom. The molecule has 0 unspecified atom stereocenters. The molecule has 2 amide bonds. The third-order valence-corrected chi connectivity index (χ3v) is 3.75. The normalized spacial score (nSPS) is 12.6. The van der Waals surface area contributed by atoms with Gasteiger partial charge in [-0.25, -0.2) is 4.79 Å². The van der Waals surface area contributed by atoms with Crippen molar-refractivity contribution in [3.8, 4) is 5.75 Å². The number of aromatic carboxylic acids is 1. The molecule has 25 heavy (non-hydrogen) atoms. The highest BCUT2D eigenvalue weighted by Gasteiger charge is 2.17. The van der Waals surface area contributed by atoms with Crippen molar-refractivity contribution in [1.29, 1.82) is 0 Å². The zero-order valence-corrected chi connectivity index (χ0v) is 13.2. The third kappa shape index (κ3) is 3.95. The van der Waals surface area contributed by atoms with E-state index in [-0.39, 0.29) is 24.0 Å². The SMILES string of the molecule is O=C1COc2ccc(C(=O)NCCc3cccc(C(=O)O)c3)cc2N1. The standard InChI is InChI=1S/C18H16N2O5/c21-16-10-25-15-5-4-12(9-14(15)20-16)17(22)19-7-6-11-2-1-3-13(8-11)18(23)24/h1-5,8-9H,6-7,10H2,(H,19,22)(H,20,21)(H,23,24). The summed E-state index contributed by atoms with van der Waals surface area (Å²) in [6, 6.07) is 11.4. The van der Waals surface area contributed by atoms with E-state index in [1.807, 2.05) is 6.07 Å². The van der Waals surface area contributed by atoms with Crippen LogP contribution in [0.2, 0.25) is 0 Å². The number of fused-ring (bicyclic) bond motifs is 1. The van der Waals surface area contributed by atoms with Gasteiger partial charge < -0.3 is 20.5 Å². The fourth-order valence-corrected chi connectivity index (χ4v) is 2.51. The van der Waals surface area contributed by atoms with Crippen molar-refractivity contribution in [2.75, 3.05) is 18.5 Å². The van der Waals surface area contributed by atoms with Crippen molar-refractivity contribution < 1.29 is 24.2 Å². The monoisotopic (exact) mass is 340 g/mol. The van der Waals surface area contributed by atoms with Crippen molar-refractivity contribution in [2.45, 2.75) is 6.42 Å². The number of nitrogens with one attached hydrogen (secondary N) is 2. The number of ether oxygens (including phenoxy) is 1. The van der Waals surface area contributed by atoms with Crippen molar-refractivity contribution in [3.63, 3.8) is 0 Å². The summed E-state index contributed by atoms with van der Waals surface area (Å²) in [4.78, 5) is 34.5. The van der Waals surface area contributed by atoms with E-state index < -0.39 is 5.97 Å². The van der Waals surface area contributed by atoms with E-state index in [1.54, 1.807) is 30.3 Å². The zero-order valence-electron chi connectivity index (χ0n) is 13.2. The van der Waals surface area contributed by atoms with E-state index in [4.69, 9.17) is 9.84 Å². The molecule has 0 radical (unpaired) electrons. The summed E-state index contributed by atoms with van der Waals surface area (Å²) in [5, 5.41) is 14.4.